The molecule has 68 valence electrons. The molecule has 0 atom stereocenters. The molecule has 0 fully saturated rings. The highest BCUT2D eigenvalue weighted by atomic mass is 35.5. The van der Waals surface area contributed by atoms with E-state index in [-0.39, 0.29) is 5.57 Å². The summed E-state index contributed by atoms with van der Waals surface area (Å²) >= 11 is 11.3. The zero-order valence-electron chi connectivity index (χ0n) is 6.51. The standard InChI is InChI=1S/C9H6Cl2O2/c1-5(9(12)13)6-2-3-7(10)8(11)4-6/h2-4H,1H2,(H,12,13)/p-1. The Morgan fingerprint density at radius 2 is 1.92 bits per heavy atom. The van der Waals surface area contributed by atoms with Crippen LogP contribution >= 0.6 is 23.2 Å². The van der Waals surface area contributed by atoms with Crippen LogP contribution in [0.5, 0.6) is 0 Å². The molecule has 0 spiro atoms. The lowest BCUT2D eigenvalue weighted by Crippen LogP contribution is -2.22. The van der Waals surface area contributed by atoms with Crippen LogP contribution in [-0.2, 0) is 4.79 Å². The second-order valence-electron chi connectivity index (χ2n) is 2.39. The molecule has 0 saturated heterocycles. The Morgan fingerprint density at radius 1 is 1.31 bits per heavy atom. The van der Waals surface area contributed by atoms with Crippen LogP contribution in [0.1, 0.15) is 5.56 Å². The van der Waals surface area contributed by atoms with Crippen molar-refractivity contribution in [1.82, 2.24) is 0 Å². The monoisotopic (exact) mass is 215 g/mol. The highest BCUT2D eigenvalue weighted by molar-refractivity contribution is 6.42. The van der Waals surface area contributed by atoms with Gasteiger partial charge in [-0.2, -0.15) is 0 Å². The fourth-order valence-corrected chi connectivity index (χ4v) is 1.10. The molecule has 0 unspecified atom stereocenters. The molecule has 1 aromatic rings. The van der Waals surface area contributed by atoms with Crippen LogP contribution in [0.3, 0.4) is 0 Å². The van der Waals surface area contributed by atoms with Crippen LogP contribution in [0.25, 0.3) is 5.57 Å². The topological polar surface area (TPSA) is 40.1 Å². The molecule has 1 aromatic carbocycles. The fourth-order valence-electron chi connectivity index (χ4n) is 0.802. The van der Waals surface area contributed by atoms with Gasteiger partial charge in [0.15, 0.2) is 0 Å². The van der Waals surface area contributed by atoms with E-state index in [0.717, 1.165) is 0 Å². The van der Waals surface area contributed by atoms with Crippen LogP contribution in [0.4, 0.5) is 0 Å². The summed E-state index contributed by atoms with van der Waals surface area (Å²) < 4.78 is 0. The number of carbonyl (C=O) groups excluding carboxylic acids is 1. The smallest absolute Gasteiger partial charge is 0.0715 e. The molecular formula is C9H5Cl2O2-. The Kier molecular flexibility index (Phi) is 2.96. The van der Waals surface area contributed by atoms with Gasteiger partial charge in [0.25, 0.3) is 0 Å². The minimum absolute atomic E-state index is 0.112. The molecule has 0 aliphatic carbocycles. The van der Waals surface area contributed by atoms with Gasteiger partial charge in [0.2, 0.25) is 0 Å². The molecular weight excluding hydrogens is 211 g/mol. The molecule has 0 aliphatic rings. The van der Waals surface area contributed by atoms with E-state index >= 15 is 0 Å². The van der Waals surface area contributed by atoms with Gasteiger partial charge >= 0.3 is 0 Å². The van der Waals surface area contributed by atoms with Crippen LogP contribution in [-0.4, -0.2) is 5.97 Å². The lowest BCUT2D eigenvalue weighted by atomic mass is 10.1. The van der Waals surface area contributed by atoms with Crippen LogP contribution in [0, 0.1) is 0 Å². The van der Waals surface area contributed by atoms with Crippen molar-refractivity contribution < 1.29 is 9.90 Å². The molecule has 0 aliphatic heterocycles. The van der Waals surface area contributed by atoms with Crippen LogP contribution in [0.15, 0.2) is 24.8 Å². The van der Waals surface area contributed by atoms with Crippen LogP contribution < -0.4 is 5.11 Å². The highest BCUT2D eigenvalue weighted by Crippen LogP contribution is 2.25. The Hall–Kier alpha value is -0.990. The summed E-state index contributed by atoms with van der Waals surface area (Å²) in [5, 5.41) is 11.1. The Morgan fingerprint density at radius 3 is 2.38 bits per heavy atom. The molecule has 0 N–H and O–H groups in total. The molecule has 2 nitrogen and oxygen atoms in total. The predicted octanol–water partition coefficient (Wildman–Crippen LogP) is 1.76. The van der Waals surface area contributed by atoms with E-state index in [4.69, 9.17) is 23.2 Å². The first kappa shape index (κ1) is 10.1. The first-order valence-corrected chi connectivity index (χ1v) is 4.13. The number of benzene rings is 1. The van der Waals surface area contributed by atoms with E-state index < -0.39 is 5.97 Å². The molecule has 1 rings (SSSR count). The largest absolute Gasteiger partial charge is 0.545 e. The highest BCUT2D eigenvalue weighted by Gasteiger charge is 2.02. The molecule has 0 aromatic heterocycles. The van der Waals surface area contributed by atoms with E-state index in [9.17, 15) is 9.90 Å². The Bertz CT molecular complexity index is 372. The minimum Gasteiger partial charge on any atom is -0.545 e. The zero-order chi connectivity index (χ0) is 10.0. The second kappa shape index (κ2) is 3.81. The number of rotatable bonds is 2. The maximum atomic E-state index is 10.4. The summed E-state index contributed by atoms with van der Waals surface area (Å²) in [7, 11) is 0. The number of aliphatic carboxylic acids is 1. The number of halogens is 2. The van der Waals surface area contributed by atoms with Gasteiger partial charge in [-0.25, -0.2) is 0 Å². The number of carboxylic acid groups (broad SMARTS) is 1. The van der Waals surface area contributed by atoms with Gasteiger partial charge in [-0.3, -0.25) is 0 Å². The number of hydrogen-bond acceptors (Lipinski definition) is 2. The van der Waals surface area contributed by atoms with Crippen molar-refractivity contribution in [2.45, 2.75) is 0 Å². The van der Waals surface area contributed by atoms with E-state index in [1.54, 1.807) is 0 Å². The van der Waals surface area contributed by atoms with Crippen molar-refractivity contribution in [3.63, 3.8) is 0 Å². The third-order valence-electron chi connectivity index (χ3n) is 1.51. The molecule has 0 bridgehead atoms. The van der Waals surface area contributed by atoms with E-state index in [1.807, 2.05) is 0 Å². The van der Waals surface area contributed by atoms with E-state index in [0.29, 0.717) is 15.6 Å². The SMILES string of the molecule is C=C(C(=O)[O-])c1ccc(Cl)c(Cl)c1. The maximum Gasteiger partial charge on any atom is 0.0715 e. The molecule has 4 heteroatoms. The lowest BCUT2D eigenvalue weighted by Gasteiger charge is -2.07. The van der Waals surface area contributed by atoms with E-state index in [1.165, 1.54) is 18.2 Å². The summed E-state index contributed by atoms with van der Waals surface area (Å²) in [6, 6.07) is 4.46. The first-order valence-electron chi connectivity index (χ1n) is 3.38. The Balaban J connectivity index is 3.11. The number of carboxylic acids is 1. The molecule has 0 amide bonds. The van der Waals surface area contributed by atoms with Crippen molar-refractivity contribution in [1.29, 1.82) is 0 Å². The quantitative estimate of drug-likeness (QED) is 0.706. The number of carbonyl (C=O) groups is 1. The first-order chi connectivity index (χ1) is 6.02. The van der Waals surface area contributed by atoms with Gasteiger partial charge in [0, 0.05) is 0 Å². The minimum atomic E-state index is -1.32. The summed E-state index contributed by atoms with van der Waals surface area (Å²) in [6.45, 7) is 3.33. The van der Waals surface area contributed by atoms with Crippen molar-refractivity contribution in [3.8, 4) is 0 Å². The zero-order valence-corrected chi connectivity index (χ0v) is 8.02. The summed E-state index contributed by atoms with van der Waals surface area (Å²) in [4.78, 5) is 10.4. The van der Waals surface area contributed by atoms with Gasteiger partial charge in [-0.1, -0.05) is 35.8 Å². The van der Waals surface area contributed by atoms with Crippen molar-refractivity contribution in [2.75, 3.05) is 0 Å². The van der Waals surface area contributed by atoms with E-state index in [2.05, 4.69) is 6.58 Å². The maximum absolute atomic E-state index is 10.4. The van der Waals surface area contributed by atoms with Gasteiger partial charge in [-0.15, -0.1) is 0 Å². The summed E-state index contributed by atoms with van der Waals surface area (Å²) in [5.41, 5.74) is 0.285. The number of hydrogen-bond donors (Lipinski definition) is 0. The van der Waals surface area contributed by atoms with Gasteiger partial charge in [0.1, 0.15) is 0 Å². The van der Waals surface area contributed by atoms with Gasteiger partial charge in [0.05, 0.1) is 16.0 Å². The van der Waals surface area contributed by atoms with Crippen molar-refractivity contribution in [2.24, 2.45) is 0 Å². The molecule has 0 saturated carbocycles. The second-order valence-corrected chi connectivity index (χ2v) is 3.21. The Labute approximate surface area is 85.4 Å². The third kappa shape index (κ3) is 2.23. The van der Waals surface area contributed by atoms with Crippen molar-refractivity contribution >= 4 is 34.7 Å². The predicted molar refractivity (Wildman–Crippen MR) is 50.5 cm³/mol. The van der Waals surface area contributed by atoms with Crippen molar-refractivity contribution in [3.05, 3.63) is 40.4 Å². The third-order valence-corrected chi connectivity index (χ3v) is 2.25. The van der Waals surface area contributed by atoms with Gasteiger partial charge in [-0.05, 0) is 23.3 Å². The molecule has 0 radical (unpaired) electrons. The lowest BCUT2D eigenvalue weighted by molar-refractivity contribution is -0.295. The molecule has 13 heavy (non-hydrogen) atoms. The average molecular weight is 216 g/mol. The van der Waals surface area contributed by atoms with Crippen LogP contribution in [0.2, 0.25) is 10.0 Å². The molecule has 0 heterocycles. The normalized spacial score (nSPS) is 9.69. The fraction of sp³-hybridized carbons (Fsp3) is 0. The van der Waals surface area contributed by atoms with Gasteiger partial charge < -0.3 is 9.90 Å². The summed E-state index contributed by atoms with van der Waals surface area (Å²) in [5.74, 6) is -1.32. The average Bonchev–Trinajstić information content (AvgIpc) is 2.08. The summed E-state index contributed by atoms with van der Waals surface area (Å²) in [6.07, 6.45) is 0.